The zero-order valence-electron chi connectivity index (χ0n) is 9.24. The van der Waals surface area contributed by atoms with Crippen LogP contribution in [0, 0.1) is 0 Å². The first-order valence-corrected chi connectivity index (χ1v) is 7.20. The first kappa shape index (κ1) is 12.9. The predicted molar refractivity (Wildman–Crippen MR) is 82.7 cm³/mol. The molecule has 7 heteroatoms. The molecule has 0 unspecified atom stereocenters. The van der Waals surface area contributed by atoms with Gasteiger partial charge in [0, 0.05) is 9.75 Å². The van der Waals surface area contributed by atoms with Gasteiger partial charge in [-0.2, -0.15) is 10.2 Å². The molecular weight excluding hydrogens is 284 g/mol. The van der Waals surface area contributed by atoms with E-state index < -0.39 is 0 Å². The highest BCUT2D eigenvalue weighted by Gasteiger charge is 1.90. The number of rotatable bonds is 4. The second kappa shape index (κ2) is 7.00. The van der Waals surface area contributed by atoms with Crippen LogP contribution in [0.3, 0.4) is 0 Å². The average Bonchev–Trinajstić information content (AvgIpc) is 3.01. The van der Waals surface area contributed by atoms with Crippen molar-refractivity contribution in [2.75, 3.05) is 0 Å². The minimum Gasteiger partial charge on any atom is -0.252 e. The topological polar surface area (TPSA) is 48.8 Å². The molecule has 4 nitrogen and oxygen atoms in total. The molecule has 2 rings (SSSR count). The smallest absolute Gasteiger partial charge is 0.207 e. The molecule has 0 fully saturated rings. The molecule has 0 radical (unpaired) electrons. The van der Waals surface area contributed by atoms with Crippen molar-refractivity contribution >= 4 is 52.4 Å². The van der Waals surface area contributed by atoms with Gasteiger partial charge in [0.15, 0.2) is 0 Å². The number of hydrazone groups is 2. The standard InChI is InChI=1S/C11H10N4S3/c16-11(14-12-7-9-3-1-5-17-9)15-13-8-10-4-2-6-18-10/h1-8H,(H2,14,15,16)/b12-7+,13-8+. The summed E-state index contributed by atoms with van der Waals surface area (Å²) in [6.07, 6.45) is 3.42. The van der Waals surface area contributed by atoms with E-state index in [1.807, 2.05) is 35.0 Å². The molecule has 2 aromatic rings. The molecule has 18 heavy (non-hydrogen) atoms. The van der Waals surface area contributed by atoms with Gasteiger partial charge in [-0.1, -0.05) is 12.1 Å². The summed E-state index contributed by atoms with van der Waals surface area (Å²) in [4.78, 5) is 2.12. The molecule has 0 saturated carbocycles. The molecule has 0 atom stereocenters. The quantitative estimate of drug-likeness (QED) is 0.518. The molecule has 2 heterocycles. The van der Waals surface area contributed by atoms with Gasteiger partial charge in [-0.25, -0.2) is 0 Å². The van der Waals surface area contributed by atoms with E-state index in [4.69, 9.17) is 12.2 Å². The third-order valence-electron chi connectivity index (χ3n) is 1.80. The zero-order chi connectivity index (χ0) is 12.6. The van der Waals surface area contributed by atoms with Gasteiger partial charge in [0.1, 0.15) is 0 Å². The van der Waals surface area contributed by atoms with Gasteiger partial charge in [0.05, 0.1) is 12.4 Å². The Morgan fingerprint density at radius 3 is 1.89 bits per heavy atom. The minimum atomic E-state index is 0.357. The fourth-order valence-corrected chi connectivity index (χ4v) is 2.34. The Balaban J connectivity index is 1.72. The predicted octanol–water partition coefficient (Wildman–Crippen LogP) is 2.64. The van der Waals surface area contributed by atoms with Crippen LogP contribution in [0.25, 0.3) is 0 Å². The monoisotopic (exact) mass is 294 g/mol. The van der Waals surface area contributed by atoms with Crippen molar-refractivity contribution in [2.24, 2.45) is 10.2 Å². The van der Waals surface area contributed by atoms with Crippen molar-refractivity contribution in [2.45, 2.75) is 0 Å². The van der Waals surface area contributed by atoms with Crippen LogP contribution in [0.2, 0.25) is 0 Å². The van der Waals surface area contributed by atoms with E-state index in [1.165, 1.54) is 0 Å². The van der Waals surface area contributed by atoms with Crippen LogP contribution >= 0.6 is 34.9 Å². The maximum atomic E-state index is 5.00. The summed E-state index contributed by atoms with van der Waals surface area (Å²) < 4.78 is 0. The van der Waals surface area contributed by atoms with Crippen LogP contribution in [-0.2, 0) is 0 Å². The maximum absolute atomic E-state index is 5.00. The number of hydrogen-bond acceptors (Lipinski definition) is 5. The zero-order valence-corrected chi connectivity index (χ0v) is 11.7. The number of thiocarbonyl (C=S) groups is 1. The molecule has 0 aliphatic heterocycles. The highest BCUT2D eigenvalue weighted by molar-refractivity contribution is 7.80. The average molecular weight is 294 g/mol. The van der Waals surface area contributed by atoms with Crippen LogP contribution in [0.5, 0.6) is 0 Å². The number of hydrogen-bond donors (Lipinski definition) is 2. The molecule has 0 aliphatic carbocycles. The first-order chi connectivity index (χ1) is 8.84. The molecule has 2 aromatic heterocycles. The van der Waals surface area contributed by atoms with Gasteiger partial charge in [0.2, 0.25) is 5.11 Å². The van der Waals surface area contributed by atoms with Gasteiger partial charge in [-0.05, 0) is 35.1 Å². The number of nitrogens with zero attached hydrogens (tertiary/aromatic N) is 2. The Labute approximate surface area is 118 Å². The van der Waals surface area contributed by atoms with E-state index in [0.29, 0.717) is 5.11 Å². The molecule has 0 bridgehead atoms. The molecule has 0 aromatic carbocycles. The van der Waals surface area contributed by atoms with Gasteiger partial charge < -0.3 is 0 Å². The summed E-state index contributed by atoms with van der Waals surface area (Å²) in [6, 6.07) is 7.88. The summed E-state index contributed by atoms with van der Waals surface area (Å²) in [5.41, 5.74) is 5.37. The van der Waals surface area contributed by atoms with Crippen LogP contribution < -0.4 is 10.9 Å². The van der Waals surface area contributed by atoms with Gasteiger partial charge in [-0.15, -0.1) is 22.7 Å². The summed E-state index contributed by atoms with van der Waals surface area (Å²) in [7, 11) is 0. The van der Waals surface area contributed by atoms with E-state index in [0.717, 1.165) is 9.75 Å². The van der Waals surface area contributed by atoms with Gasteiger partial charge in [0.25, 0.3) is 0 Å². The SMILES string of the molecule is S=C(N/N=C/c1cccs1)N/N=C/c1cccs1. The Morgan fingerprint density at radius 2 is 1.50 bits per heavy atom. The Kier molecular flexibility index (Phi) is 5.00. The third-order valence-corrected chi connectivity index (χ3v) is 3.60. The fourth-order valence-electron chi connectivity index (χ4n) is 1.06. The van der Waals surface area contributed by atoms with Crippen molar-refractivity contribution in [1.29, 1.82) is 0 Å². The van der Waals surface area contributed by atoms with Crippen molar-refractivity contribution < 1.29 is 0 Å². The van der Waals surface area contributed by atoms with E-state index >= 15 is 0 Å². The minimum absolute atomic E-state index is 0.357. The largest absolute Gasteiger partial charge is 0.252 e. The molecule has 92 valence electrons. The molecule has 0 aliphatic rings. The number of thiophene rings is 2. The van der Waals surface area contributed by atoms with Crippen LogP contribution in [0.1, 0.15) is 9.75 Å². The van der Waals surface area contributed by atoms with Crippen LogP contribution in [-0.4, -0.2) is 17.5 Å². The van der Waals surface area contributed by atoms with E-state index in [9.17, 15) is 0 Å². The van der Waals surface area contributed by atoms with E-state index in [-0.39, 0.29) is 0 Å². The Bertz CT molecular complexity index is 480. The van der Waals surface area contributed by atoms with Crippen LogP contribution in [0.4, 0.5) is 0 Å². The highest BCUT2D eigenvalue weighted by Crippen LogP contribution is 2.04. The summed E-state index contributed by atoms with van der Waals surface area (Å²) in [5.74, 6) is 0. The second-order valence-corrected chi connectivity index (χ2v) is 5.47. The van der Waals surface area contributed by atoms with Gasteiger partial charge in [-0.3, -0.25) is 10.9 Å². The van der Waals surface area contributed by atoms with Crippen LogP contribution in [0.15, 0.2) is 45.2 Å². The molecule has 0 saturated heterocycles. The molecule has 2 N–H and O–H groups in total. The lowest BCUT2D eigenvalue weighted by molar-refractivity contribution is 0.935. The lowest BCUT2D eigenvalue weighted by atomic mass is 10.5. The molecular formula is C11H10N4S3. The lowest BCUT2D eigenvalue weighted by Crippen LogP contribution is -2.28. The lowest BCUT2D eigenvalue weighted by Gasteiger charge is -1.99. The van der Waals surface area contributed by atoms with E-state index in [2.05, 4.69) is 21.1 Å². The molecule has 0 spiro atoms. The summed E-state index contributed by atoms with van der Waals surface area (Å²) >= 11 is 8.22. The third kappa shape index (κ3) is 4.36. The van der Waals surface area contributed by atoms with Crippen molar-refractivity contribution in [3.8, 4) is 0 Å². The van der Waals surface area contributed by atoms with Gasteiger partial charge >= 0.3 is 0 Å². The Hall–Kier alpha value is -1.57. The number of nitrogens with one attached hydrogen (secondary N) is 2. The van der Waals surface area contributed by atoms with Crippen molar-refractivity contribution in [3.05, 3.63) is 44.8 Å². The Morgan fingerprint density at radius 1 is 1.00 bits per heavy atom. The first-order valence-electron chi connectivity index (χ1n) is 5.04. The fraction of sp³-hybridized carbons (Fsp3) is 0. The van der Waals surface area contributed by atoms with Crippen molar-refractivity contribution in [1.82, 2.24) is 10.9 Å². The summed E-state index contributed by atoms with van der Waals surface area (Å²) in [5, 5.41) is 12.3. The summed E-state index contributed by atoms with van der Waals surface area (Å²) in [6.45, 7) is 0. The molecule has 0 amide bonds. The highest BCUT2D eigenvalue weighted by atomic mass is 32.1. The van der Waals surface area contributed by atoms with E-state index in [1.54, 1.807) is 35.1 Å². The second-order valence-electron chi connectivity index (χ2n) is 3.10. The normalized spacial score (nSPS) is 11.1. The van der Waals surface area contributed by atoms with Crippen molar-refractivity contribution in [3.63, 3.8) is 0 Å². The maximum Gasteiger partial charge on any atom is 0.207 e.